The standard InChI is InChI=1S/C16H21FN2O3/c1-10(15(20)21)9-19(2)16(22)18-8-13-6-5-12(7-14(13)17)11-3-4-11/h5-7,10-11H,3-4,8-9H2,1-2H3,(H,18,22)(H,20,21). The number of carboxylic acids is 1. The maximum Gasteiger partial charge on any atom is 0.317 e. The number of hydrogen-bond acceptors (Lipinski definition) is 2. The van der Waals surface area contributed by atoms with Crippen molar-refractivity contribution in [1.82, 2.24) is 10.2 Å². The normalized spacial score (nSPS) is 15.2. The van der Waals surface area contributed by atoms with Crippen LogP contribution < -0.4 is 5.32 Å². The van der Waals surface area contributed by atoms with Gasteiger partial charge in [-0.3, -0.25) is 4.79 Å². The molecular weight excluding hydrogens is 287 g/mol. The molecule has 0 spiro atoms. The molecule has 0 aliphatic heterocycles. The van der Waals surface area contributed by atoms with Gasteiger partial charge < -0.3 is 15.3 Å². The van der Waals surface area contributed by atoms with Crippen molar-refractivity contribution in [2.75, 3.05) is 13.6 Å². The van der Waals surface area contributed by atoms with Gasteiger partial charge in [-0.15, -0.1) is 0 Å². The third kappa shape index (κ3) is 4.19. The molecule has 1 fully saturated rings. The van der Waals surface area contributed by atoms with E-state index in [0.29, 0.717) is 11.5 Å². The molecule has 120 valence electrons. The summed E-state index contributed by atoms with van der Waals surface area (Å²) in [5.41, 5.74) is 1.44. The molecule has 0 radical (unpaired) electrons. The van der Waals surface area contributed by atoms with Gasteiger partial charge in [-0.05, 0) is 30.4 Å². The second-order valence-electron chi connectivity index (χ2n) is 5.90. The molecule has 1 aliphatic carbocycles. The highest BCUT2D eigenvalue weighted by molar-refractivity contribution is 5.75. The second-order valence-corrected chi connectivity index (χ2v) is 5.90. The van der Waals surface area contributed by atoms with Gasteiger partial charge >= 0.3 is 12.0 Å². The van der Waals surface area contributed by atoms with E-state index in [-0.39, 0.29) is 18.9 Å². The van der Waals surface area contributed by atoms with Crippen LogP contribution in [0.25, 0.3) is 0 Å². The van der Waals surface area contributed by atoms with E-state index in [2.05, 4.69) is 5.32 Å². The van der Waals surface area contributed by atoms with Crippen LogP contribution in [0, 0.1) is 11.7 Å². The van der Waals surface area contributed by atoms with Crippen LogP contribution in [0.1, 0.15) is 36.8 Å². The fourth-order valence-electron chi connectivity index (χ4n) is 2.26. The summed E-state index contributed by atoms with van der Waals surface area (Å²) in [4.78, 5) is 23.9. The van der Waals surface area contributed by atoms with Crippen molar-refractivity contribution in [1.29, 1.82) is 0 Å². The number of carbonyl (C=O) groups excluding carboxylic acids is 1. The molecule has 6 heteroatoms. The lowest BCUT2D eigenvalue weighted by Crippen LogP contribution is -2.40. The summed E-state index contributed by atoms with van der Waals surface area (Å²) in [6.07, 6.45) is 2.23. The van der Waals surface area contributed by atoms with Crippen LogP contribution >= 0.6 is 0 Å². The highest BCUT2D eigenvalue weighted by atomic mass is 19.1. The summed E-state index contributed by atoms with van der Waals surface area (Å²) in [7, 11) is 1.52. The Morgan fingerprint density at radius 2 is 2.14 bits per heavy atom. The molecule has 0 bridgehead atoms. The number of urea groups is 1. The Morgan fingerprint density at radius 1 is 1.45 bits per heavy atom. The van der Waals surface area contributed by atoms with E-state index in [4.69, 9.17) is 5.11 Å². The molecule has 0 saturated heterocycles. The zero-order valence-corrected chi connectivity index (χ0v) is 12.8. The van der Waals surface area contributed by atoms with E-state index in [9.17, 15) is 14.0 Å². The molecule has 1 aliphatic rings. The molecule has 2 N–H and O–H groups in total. The Hall–Kier alpha value is -2.11. The zero-order valence-electron chi connectivity index (χ0n) is 12.8. The smallest absolute Gasteiger partial charge is 0.317 e. The zero-order chi connectivity index (χ0) is 16.3. The van der Waals surface area contributed by atoms with E-state index < -0.39 is 17.9 Å². The maximum atomic E-state index is 14.0. The van der Waals surface area contributed by atoms with Gasteiger partial charge in [0.25, 0.3) is 0 Å². The van der Waals surface area contributed by atoms with Gasteiger partial charge in [0, 0.05) is 25.7 Å². The molecule has 5 nitrogen and oxygen atoms in total. The number of benzene rings is 1. The van der Waals surface area contributed by atoms with E-state index in [1.807, 2.05) is 6.07 Å². The number of nitrogens with one attached hydrogen (secondary N) is 1. The van der Waals surface area contributed by atoms with Crippen LogP contribution in [0.5, 0.6) is 0 Å². The lowest BCUT2D eigenvalue weighted by Gasteiger charge is -2.20. The molecular formula is C16H21FN2O3. The first-order valence-corrected chi connectivity index (χ1v) is 7.38. The van der Waals surface area contributed by atoms with Gasteiger partial charge in [0.15, 0.2) is 0 Å². The molecule has 1 atom stereocenters. The average Bonchev–Trinajstić information content (AvgIpc) is 3.29. The Balaban J connectivity index is 1.86. The van der Waals surface area contributed by atoms with Crippen molar-refractivity contribution in [3.63, 3.8) is 0 Å². The highest BCUT2D eigenvalue weighted by Crippen LogP contribution is 2.40. The molecule has 2 rings (SSSR count). The number of carboxylic acid groups (broad SMARTS) is 1. The van der Waals surface area contributed by atoms with E-state index in [0.717, 1.165) is 18.4 Å². The lowest BCUT2D eigenvalue weighted by atomic mass is 10.1. The third-order valence-corrected chi connectivity index (χ3v) is 3.87. The Labute approximate surface area is 129 Å². The van der Waals surface area contributed by atoms with Crippen LogP contribution in [0.2, 0.25) is 0 Å². The summed E-state index contributed by atoms with van der Waals surface area (Å²) >= 11 is 0. The van der Waals surface area contributed by atoms with E-state index in [1.54, 1.807) is 6.07 Å². The SMILES string of the molecule is CC(CN(C)C(=O)NCc1ccc(C2CC2)cc1F)C(=O)O. The Bertz CT molecular complexity index is 573. The largest absolute Gasteiger partial charge is 0.481 e. The fraction of sp³-hybridized carbons (Fsp3) is 0.500. The Morgan fingerprint density at radius 3 is 2.68 bits per heavy atom. The molecule has 1 aromatic rings. The van der Waals surface area contributed by atoms with E-state index in [1.165, 1.54) is 24.9 Å². The van der Waals surface area contributed by atoms with Crippen molar-refractivity contribution in [2.24, 2.45) is 5.92 Å². The Kier molecular flexibility index (Phi) is 5.00. The van der Waals surface area contributed by atoms with Crippen LogP contribution in [0.4, 0.5) is 9.18 Å². The number of hydrogen-bond donors (Lipinski definition) is 2. The summed E-state index contributed by atoms with van der Waals surface area (Å²) < 4.78 is 14.0. The van der Waals surface area contributed by atoms with Crippen molar-refractivity contribution in [3.8, 4) is 0 Å². The minimum absolute atomic E-state index is 0.0847. The number of rotatable bonds is 6. The first kappa shape index (κ1) is 16.3. The van der Waals surface area contributed by atoms with Gasteiger partial charge in [0.2, 0.25) is 0 Å². The summed E-state index contributed by atoms with van der Waals surface area (Å²) in [6, 6.07) is 4.72. The predicted octanol–water partition coefficient (Wildman–Crippen LogP) is 2.57. The van der Waals surface area contributed by atoms with Crippen LogP contribution in [-0.2, 0) is 11.3 Å². The summed E-state index contributed by atoms with van der Waals surface area (Å²) in [5.74, 6) is -1.43. The van der Waals surface area contributed by atoms with Gasteiger partial charge in [0.1, 0.15) is 5.82 Å². The van der Waals surface area contributed by atoms with Crippen molar-refractivity contribution < 1.29 is 19.1 Å². The quantitative estimate of drug-likeness (QED) is 0.848. The minimum atomic E-state index is -0.957. The molecule has 1 aromatic carbocycles. The molecule has 22 heavy (non-hydrogen) atoms. The molecule has 1 saturated carbocycles. The number of amides is 2. The van der Waals surface area contributed by atoms with Crippen LogP contribution in [-0.4, -0.2) is 35.6 Å². The average molecular weight is 308 g/mol. The van der Waals surface area contributed by atoms with Gasteiger partial charge in [-0.1, -0.05) is 19.1 Å². The lowest BCUT2D eigenvalue weighted by molar-refractivity contribution is -0.141. The summed E-state index contributed by atoms with van der Waals surface area (Å²) in [5, 5.41) is 11.4. The predicted molar refractivity (Wildman–Crippen MR) is 80.0 cm³/mol. The van der Waals surface area contributed by atoms with Crippen molar-refractivity contribution in [3.05, 3.63) is 35.1 Å². The van der Waals surface area contributed by atoms with E-state index >= 15 is 0 Å². The van der Waals surface area contributed by atoms with Crippen molar-refractivity contribution in [2.45, 2.75) is 32.2 Å². The monoisotopic (exact) mass is 308 g/mol. The fourth-order valence-corrected chi connectivity index (χ4v) is 2.26. The first-order valence-electron chi connectivity index (χ1n) is 7.38. The highest BCUT2D eigenvalue weighted by Gasteiger charge is 2.24. The molecule has 0 aromatic heterocycles. The number of aliphatic carboxylic acids is 1. The first-order chi connectivity index (χ1) is 10.4. The number of nitrogens with zero attached hydrogens (tertiary/aromatic N) is 1. The number of carbonyl (C=O) groups is 2. The summed E-state index contributed by atoms with van der Waals surface area (Å²) in [6.45, 7) is 1.72. The molecule has 0 heterocycles. The molecule has 2 amide bonds. The maximum absolute atomic E-state index is 14.0. The molecule has 1 unspecified atom stereocenters. The van der Waals surface area contributed by atoms with Gasteiger partial charge in [0.05, 0.1) is 5.92 Å². The van der Waals surface area contributed by atoms with Crippen molar-refractivity contribution >= 4 is 12.0 Å². The third-order valence-electron chi connectivity index (χ3n) is 3.87. The minimum Gasteiger partial charge on any atom is -0.481 e. The second kappa shape index (κ2) is 6.77. The van der Waals surface area contributed by atoms with Crippen LogP contribution in [0.15, 0.2) is 18.2 Å². The van der Waals surface area contributed by atoms with Crippen LogP contribution in [0.3, 0.4) is 0 Å². The van der Waals surface area contributed by atoms with Gasteiger partial charge in [-0.2, -0.15) is 0 Å². The number of halogens is 1. The van der Waals surface area contributed by atoms with Gasteiger partial charge in [-0.25, -0.2) is 9.18 Å². The topological polar surface area (TPSA) is 69.6 Å².